The highest BCUT2D eigenvalue weighted by Crippen LogP contribution is 2.25. The second-order valence-corrected chi connectivity index (χ2v) is 5.88. The van der Waals surface area contributed by atoms with E-state index in [2.05, 4.69) is 14.8 Å². The highest BCUT2D eigenvalue weighted by molar-refractivity contribution is 7.89. The highest BCUT2D eigenvalue weighted by Gasteiger charge is 2.26. The van der Waals surface area contributed by atoms with E-state index in [0.717, 1.165) is 12.1 Å². The lowest BCUT2D eigenvalue weighted by atomic mass is 10.3. The summed E-state index contributed by atoms with van der Waals surface area (Å²) >= 11 is 0. The van der Waals surface area contributed by atoms with Crippen LogP contribution < -0.4 is 10.5 Å². The first-order valence-electron chi connectivity index (χ1n) is 5.67. The molecule has 2 aromatic rings. The van der Waals surface area contributed by atoms with Crippen molar-refractivity contribution in [2.45, 2.75) is 11.4 Å². The maximum Gasteiger partial charge on any atom is 0.289 e. The van der Waals surface area contributed by atoms with Crippen molar-refractivity contribution in [1.82, 2.24) is 19.5 Å². The van der Waals surface area contributed by atoms with Gasteiger partial charge in [-0.15, -0.1) is 0 Å². The second-order valence-electron chi connectivity index (χ2n) is 4.14. The van der Waals surface area contributed by atoms with Gasteiger partial charge in [0.1, 0.15) is 6.33 Å². The molecule has 0 atom stereocenters. The third-order valence-electron chi connectivity index (χ3n) is 2.54. The van der Waals surface area contributed by atoms with E-state index in [1.165, 1.54) is 17.1 Å². The van der Waals surface area contributed by atoms with Gasteiger partial charge in [0.05, 0.1) is 11.5 Å². The van der Waals surface area contributed by atoms with Crippen molar-refractivity contribution in [2.75, 3.05) is 5.73 Å². The molecular formula is C10H12N6O4S. The number of benzene rings is 1. The van der Waals surface area contributed by atoms with Crippen molar-refractivity contribution in [3.8, 4) is 0 Å². The van der Waals surface area contributed by atoms with Gasteiger partial charge in [0.25, 0.3) is 5.69 Å². The molecule has 1 aromatic heterocycles. The minimum absolute atomic E-state index is 0.108. The molecule has 21 heavy (non-hydrogen) atoms. The standard InChI is InChI=1S/C10H12N6O4S/c1-15-6-12-10(14-15)5-13-21(19,20)9-4-7(11)2-3-8(9)16(17)18/h2-4,6,13H,5,11H2,1H3. The van der Waals surface area contributed by atoms with Gasteiger partial charge in [-0.1, -0.05) is 0 Å². The minimum atomic E-state index is -4.11. The average molecular weight is 312 g/mol. The number of hydrogen-bond acceptors (Lipinski definition) is 7. The smallest absolute Gasteiger partial charge is 0.289 e. The lowest BCUT2D eigenvalue weighted by Crippen LogP contribution is -2.25. The van der Waals surface area contributed by atoms with Crippen molar-refractivity contribution in [3.05, 3.63) is 40.5 Å². The van der Waals surface area contributed by atoms with Crippen LogP contribution in [0.2, 0.25) is 0 Å². The van der Waals surface area contributed by atoms with E-state index in [0.29, 0.717) is 0 Å². The Hall–Kier alpha value is -2.53. The summed E-state index contributed by atoms with van der Waals surface area (Å²) < 4.78 is 27.9. The Morgan fingerprint density at radius 3 is 2.76 bits per heavy atom. The second kappa shape index (κ2) is 5.46. The summed E-state index contributed by atoms with van der Waals surface area (Å²) in [5.74, 6) is 0.243. The van der Waals surface area contributed by atoms with Crippen molar-refractivity contribution < 1.29 is 13.3 Å². The van der Waals surface area contributed by atoms with Crippen molar-refractivity contribution in [2.24, 2.45) is 7.05 Å². The number of nitro groups is 1. The summed E-state index contributed by atoms with van der Waals surface area (Å²) in [6, 6.07) is 3.34. The van der Waals surface area contributed by atoms with Crippen LogP contribution >= 0.6 is 0 Å². The van der Waals surface area contributed by atoms with E-state index in [4.69, 9.17) is 5.73 Å². The zero-order valence-corrected chi connectivity index (χ0v) is 11.7. The maximum atomic E-state index is 12.2. The van der Waals surface area contributed by atoms with E-state index >= 15 is 0 Å². The summed E-state index contributed by atoms with van der Waals surface area (Å²) in [5.41, 5.74) is 5.05. The molecule has 0 radical (unpaired) electrons. The van der Waals surface area contributed by atoms with Gasteiger partial charge in [-0.05, 0) is 12.1 Å². The van der Waals surface area contributed by atoms with Crippen LogP contribution in [0, 0.1) is 10.1 Å². The van der Waals surface area contributed by atoms with Crippen LogP contribution in [0.1, 0.15) is 5.82 Å². The fraction of sp³-hybridized carbons (Fsp3) is 0.200. The largest absolute Gasteiger partial charge is 0.399 e. The number of nitro benzene ring substituents is 1. The number of nitrogens with zero attached hydrogens (tertiary/aromatic N) is 4. The number of aryl methyl sites for hydroxylation is 1. The number of nitrogens with one attached hydrogen (secondary N) is 1. The van der Waals surface area contributed by atoms with Crippen LogP contribution in [-0.2, 0) is 23.6 Å². The fourth-order valence-corrected chi connectivity index (χ4v) is 2.78. The first kappa shape index (κ1) is 14.9. The van der Waals surface area contributed by atoms with E-state index in [9.17, 15) is 18.5 Å². The van der Waals surface area contributed by atoms with Crippen LogP contribution in [0.3, 0.4) is 0 Å². The summed E-state index contributed by atoms with van der Waals surface area (Å²) in [4.78, 5) is 13.5. The molecule has 1 heterocycles. The normalized spacial score (nSPS) is 11.5. The predicted molar refractivity (Wildman–Crippen MR) is 72.5 cm³/mol. The lowest BCUT2D eigenvalue weighted by molar-refractivity contribution is -0.387. The van der Waals surface area contributed by atoms with E-state index < -0.39 is 25.5 Å². The Balaban J connectivity index is 2.31. The number of sulfonamides is 1. The first-order chi connectivity index (χ1) is 9.79. The quantitative estimate of drug-likeness (QED) is 0.441. The Bertz CT molecular complexity index is 785. The van der Waals surface area contributed by atoms with Gasteiger partial charge in [0.2, 0.25) is 10.0 Å². The van der Waals surface area contributed by atoms with Gasteiger partial charge < -0.3 is 5.73 Å². The molecule has 0 fully saturated rings. The zero-order valence-electron chi connectivity index (χ0n) is 10.9. The van der Waals surface area contributed by atoms with Gasteiger partial charge in [-0.3, -0.25) is 14.8 Å². The molecule has 11 heteroatoms. The summed E-state index contributed by atoms with van der Waals surface area (Å²) in [6.45, 7) is -0.185. The Morgan fingerprint density at radius 1 is 1.48 bits per heavy atom. The number of aromatic nitrogens is 3. The molecule has 0 aliphatic carbocycles. The van der Waals surface area contributed by atoms with Gasteiger partial charge >= 0.3 is 0 Å². The van der Waals surface area contributed by atoms with Gasteiger partial charge in [-0.25, -0.2) is 18.1 Å². The molecule has 10 nitrogen and oxygen atoms in total. The van der Waals surface area contributed by atoms with Crippen LogP contribution in [0.15, 0.2) is 29.4 Å². The van der Waals surface area contributed by atoms with Crippen LogP contribution in [0.4, 0.5) is 11.4 Å². The van der Waals surface area contributed by atoms with Crippen molar-refractivity contribution >= 4 is 21.4 Å². The van der Waals surface area contributed by atoms with Gasteiger partial charge in [0, 0.05) is 18.8 Å². The molecule has 0 spiro atoms. The molecule has 0 saturated carbocycles. The molecule has 0 aliphatic rings. The molecule has 0 bridgehead atoms. The Kier molecular flexibility index (Phi) is 3.86. The Labute approximate surface area is 119 Å². The maximum absolute atomic E-state index is 12.2. The van der Waals surface area contributed by atoms with Crippen molar-refractivity contribution in [3.63, 3.8) is 0 Å². The number of anilines is 1. The molecule has 2 rings (SSSR count). The first-order valence-corrected chi connectivity index (χ1v) is 7.16. The topological polar surface area (TPSA) is 146 Å². The Morgan fingerprint density at radius 2 is 2.19 bits per heavy atom. The number of rotatable bonds is 5. The number of hydrogen-bond donors (Lipinski definition) is 2. The average Bonchev–Trinajstić information content (AvgIpc) is 2.82. The third-order valence-corrected chi connectivity index (χ3v) is 3.97. The molecular weight excluding hydrogens is 300 g/mol. The fourth-order valence-electron chi connectivity index (χ4n) is 1.60. The van der Waals surface area contributed by atoms with Crippen LogP contribution in [0.25, 0.3) is 0 Å². The monoisotopic (exact) mass is 312 g/mol. The van der Waals surface area contributed by atoms with Gasteiger partial charge in [0.15, 0.2) is 10.7 Å². The molecule has 0 saturated heterocycles. The van der Waals surface area contributed by atoms with E-state index in [1.54, 1.807) is 7.05 Å². The summed E-state index contributed by atoms with van der Waals surface area (Å²) in [7, 11) is -2.48. The predicted octanol–water partition coefficient (Wildman–Crippen LogP) is -0.216. The summed E-state index contributed by atoms with van der Waals surface area (Å²) in [5, 5.41) is 14.8. The molecule has 112 valence electrons. The van der Waals surface area contributed by atoms with Crippen molar-refractivity contribution in [1.29, 1.82) is 0 Å². The number of nitrogens with two attached hydrogens (primary N) is 1. The van der Waals surface area contributed by atoms with E-state index in [1.807, 2.05) is 0 Å². The molecule has 0 aliphatic heterocycles. The van der Waals surface area contributed by atoms with Gasteiger partial charge in [-0.2, -0.15) is 5.10 Å². The highest BCUT2D eigenvalue weighted by atomic mass is 32.2. The minimum Gasteiger partial charge on any atom is -0.399 e. The number of nitrogen functional groups attached to an aromatic ring is 1. The van der Waals surface area contributed by atoms with E-state index in [-0.39, 0.29) is 18.1 Å². The summed E-state index contributed by atoms with van der Waals surface area (Å²) in [6.07, 6.45) is 1.41. The zero-order chi connectivity index (χ0) is 15.6. The van der Waals surface area contributed by atoms with Crippen LogP contribution in [0.5, 0.6) is 0 Å². The third kappa shape index (κ3) is 3.32. The SMILES string of the molecule is Cn1cnc(CNS(=O)(=O)c2cc(N)ccc2[N+](=O)[O-])n1. The van der Waals surface area contributed by atoms with Crippen LogP contribution in [-0.4, -0.2) is 28.1 Å². The molecule has 0 amide bonds. The molecule has 1 aromatic carbocycles. The lowest BCUT2D eigenvalue weighted by Gasteiger charge is -2.06. The molecule has 0 unspecified atom stereocenters. The molecule has 3 N–H and O–H groups in total.